The molecule has 3 N–H and O–H groups in total. The van der Waals surface area contributed by atoms with E-state index in [2.05, 4.69) is 25.9 Å². The Morgan fingerprint density at radius 2 is 1.96 bits per heavy atom. The van der Waals surface area contributed by atoms with Gasteiger partial charge in [-0.15, -0.1) is 0 Å². The number of pyridine rings is 1. The minimum atomic E-state index is -0.133. The number of guanidine groups is 1. The van der Waals surface area contributed by atoms with E-state index in [1.54, 1.807) is 19.3 Å². The maximum Gasteiger partial charge on any atom is 0.243 e. The molecule has 0 aliphatic heterocycles. The number of nitrogens with zero attached hydrogens (tertiary/aromatic N) is 2. The number of rotatable bonds is 6. The molecule has 2 rings (SSSR count). The Bertz CT molecular complexity index is 673. The zero-order chi connectivity index (χ0) is 17.2. The number of para-hydroxylation sites is 1. The van der Waals surface area contributed by atoms with Crippen LogP contribution >= 0.6 is 11.6 Å². The number of carbonyl (C=O) groups is 1. The highest BCUT2D eigenvalue weighted by Gasteiger charge is 2.04. The molecule has 0 atom stereocenters. The van der Waals surface area contributed by atoms with Gasteiger partial charge in [0.2, 0.25) is 5.91 Å². The molecule has 0 saturated carbocycles. The van der Waals surface area contributed by atoms with Crippen LogP contribution in [0.25, 0.3) is 0 Å². The first-order valence-electron chi connectivity index (χ1n) is 7.57. The van der Waals surface area contributed by atoms with Crippen LogP contribution in [0.2, 0.25) is 5.15 Å². The van der Waals surface area contributed by atoms with Crippen molar-refractivity contribution in [2.24, 2.45) is 4.99 Å². The van der Waals surface area contributed by atoms with Crippen molar-refractivity contribution in [1.29, 1.82) is 0 Å². The summed E-state index contributed by atoms with van der Waals surface area (Å²) in [5.41, 5.74) is 1.84. The molecule has 1 aromatic carbocycles. The Morgan fingerprint density at radius 3 is 2.62 bits per heavy atom. The molecule has 0 saturated heterocycles. The number of benzene rings is 1. The second-order valence-corrected chi connectivity index (χ2v) is 5.39. The van der Waals surface area contributed by atoms with Crippen molar-refractivity contribution in [2.75, 3.05) is 25.5 Å². The van der Waals surface area contributed by atoms with Gasteiger partial charge in [0.1, 0.15) is 5.15 Å². The third-order valence-electron chi connectivity index (χ3n) is 3.19. The highest BCUT2D eigenvalue weighted by atomic mass is 35.5. The zero-order valence-electron chi connectivity index (χ0n) is 13.4. The Morgan fingerprint density at radius 1 is 1.17 bits per heavy atom. The number of anilines is 1. The fraction of sp³-hybridized carbons (Fsp3) is 0.235. The van der Waals surface area contributed by atoms with Gasteiger partial charge in [-0.05, 0) is 30.2 Å². The van der Waals surface area contributed by atoms with E-state index >= 15 is 0 Å². The summed E-state index contributed by atoms with van der Waals surface area (Å²) in [6.07, 6.45) is 2.52. The molecule has 7 heteroatoms. The number of nitrogens with one attached hydrogen (secondary N) is 3. The van der Waals surface area contributed by atoms with Gasteiger partial charge in [0.15, 0.2) is 5.96 Å². The van der Waals surface area contributed by atoms with Crippen molar-refractivity contribution in [3.8, 4) is 0 Å². The number of aromatic nitrogens is 1. The Balaban J connectivity index is 1.70. The smallest absolute Gasteiger partial charge is 0.243 e. The highest BCUT2D eigenvalue weighted by Crippen LogP contribution is 2.05. The Labute approximate surface area is 146 Å². The van der Waals surface area contributed by atoms with Crippen molar-refractivity contribution in [1.82, 2.24) is 15.6 Å². The van der Waals surface area contributed by atoms with Crippen molar-refractivity contribution in [3.05, 3.63) is 59.4 Å². The summed E-state index contributed by atoms with van der Waals surface area (Å²) in [7, 11) is 1.66. The van der Waals surface area contributed by atoms with Gasteiger partial charge in [-0.3, -0.25) is 9.79 Å². The molecule has 126 valence electrons. The van der Waals surface area contributed by atoms with Gasteiger partial charge >= 0.3 is 0 Å². The maximum absolute atomic E-state index is 11.9. The van der Waals surface area contributed by atoms with E-state index in [1.807, 2.05) is 36.4 Å². The number of aliphatic imine (C=N–C) groups is 1. The van der Waals surface area contributed by atoms with Crippen LogP contribution in [0, 0.1) is 0 Å². The lowest BCUT2D eigenvalue weighted by Gasteiger charge is -2.12. The lowest BCUT2D eigenvalue weighted by Crippen LogP contribution is -2.42. The standard InChI is InChI=1S/C17H20ClN5O/c1-19-17(20-10-9-13-7-8-15(18)21-11-13)22-12-16(24)23-14-5-3-2-4-6-14/h2-8,11H,9-10,12H2,1H3,(H,23,24)(H2,19,20,22). The summed E-state index contributed by atoms with van der Waals surface area (Å²) in [5, 5.41) is 9.41. The zero-order valence-corrected chi connectivity index (χ0v) is 14.2. The minimum absolute atomic E-state index is 0.133. The van der Waals surface area contributed by atoms with Gasteiger partial charge in [-0.25, -0.2) is 4.98 Å². The van der Waals surface area contributed by atoms with Crippen LogP contribution in [-0.4, -0.2) is 37.0 Å². The molecule has 0 radical (unpaired) electrons. The lowest BCUT2D eigenvalue weighted by molar-refractivity contribution is -0.115. The molecule has 1 heterocycles. The van der Waals surface area contributed by atoms with E-state index in [0.717, 1.165) is 17.7 Å². The molecular formula is C17H20ClN5O. The molecular weight excluding hydrogens is 326 g/mol. The summed E-state index contributed by atoms with van der Waals surface area (Å²) in [6.45, 7) is 0.806. The van der Waals surface area contributed by atoms with Crippen molar-refractivity contribution in [2.45, 2.75) is 6.42 Å². The summed E-state index contributed by atoms with van der Waals surface area (Å²) >= 11 is 5.75. The molecule has 0 aliphatic carbocycles. The lowest BCUT2D eigenvalue weighted by atomic mass is 10.2. The molecule has 0 spiro atoms. The molecule has 0 aliphatic rings. The van der Waals surface area contributed by atoms with Crippen LogP contribution < -0.4 is 16.0 Å². The van der Waals surface area contributed by atoms with E-state index in [1.165, 1.54) is 0 Å². The topological polar surface area (TPSA) is 78.4 Å². The van der Waals surface area contributed by atoms with Crippen LogP contribution in [0.5, 0.6) is 0 Å². The van der Waals surface area contributed by atoms with E-state index in [9.17, 15) is 4.79 Å². The van der Waals surface area contributed by atoms with Gasteiger partial charge in [0.25, 0.3) is 0 Å². The molecule has 1 aromatic heterocycles. The number of hydrogen-bond donors (Lipinski definition) is 3. The summed E-state index contributed by atoms with van der Waals surface area (Å²) in [6, 6.07) is 13.0. The van der Waals surface area contributed by atoms with Crippen LogP contribution in [0.15, 0.2) is 53.7 Å². The molecule has 0 fully saturated rings. The van der Waals surface area contributed by atoms with Gasteiger partial charge < -0.3 is 16.0 Å². The van der Waals surface area contributed by atoms with Crippen LogP contribution in [-0.2, 0) is 11.2 Å². The first-order valence-corrected chi connectivity index (χ1v) is 7.95. The summed E-state index contributed by atoms with van der Waals surface area (Å²) < 4.78 is 0. The second-order valence-electron chi connectivity index (χ2n) is 5.01. The quantitative estimate of drug-likeness (QED) is 0.425. The predicted octanol–water partition coefficient (Wildman–Crippen LogP) is 2.08. The highest BCUT2D eigenvalue weighted by molar-refractivity contribution is 6.29. The monoisotopic (exact) mass is 345 g/mol. The molecule has 0 bridgehead atoms. The van der Waals surface area contributed by atoms with Gasteiger partial charge in [-0.2, -0.15) is 0 Å². The summed E-state index contributed by atoms with van der Waals surface area (Å²) in [5.74, 6) is 0.436. The Hall–Kier alpha value is -2.60. The average molecular weight is 346 g/mol. The molecule has 0 unspecified atom stereocenters. The SMILES string of the molecule is CN=C(NCCc1ccc(Cl)nc1)NCC(=O)Nc1ccccc1. The third-order valence-corrected chi connectivity index (χ3v) is 3.42. The number of amides is 1. The van der Waals surface area contributed by atoms with Gasteiger partial charge in [0, 0.05) is 25.5 Å². The van der Waals surface area contributed by atoms with Crippen molar-refractivity contribution < 1.29 is 4.79 Å². The molecule has 1 amide bonds. The average Bonchev–Trinajstić information content (AvgIpc) is 2.60. The number of hydrogen-bond acceptors (Lipinski definition) is 3. The first-order chi connectivity index (χ1) is 11.7. The van der Waals surface area contributed by atoms with E-state index in [-0.39, 0.29) is 12.5 Å². The third kappa shape index (κ3) is 6.26. The van der Waals surface area contributed by atoms with Crippen LogP contribution in [0.3, 0.4) is 0 Å². The molecule has 24 heavy (non-hydrogen) atoms. The van der Waals surface area contributed by atoms with Crippen LogP contribution in [0.1, 0.15) is 5.56 Å². The molecule has 6 nitrogen and oxygen atoms in total. The number of halogens is 1. The predicted molar refractivity (Wildman–Crippen MR) is 97.4 cm³/mol. The number of carbonyl (C=O) groups excluding carboxylic acids is 1. The fourth-order valence-electron chi connectivity index (χ4n) is 1.99. The van der Waals surface area contributed by atoms with Crippen LogP contribution in [0.4, 0.5) is 5.69 Å². The van der Waals surface area contributed by atoms with Crippen molar-refractivity contribution >= 4 is 29.2 Å². The largest absolute Gasteiger partial charge is 0.356 e. The fourth-order valence-corrected chi connectivity index (χ4v) is 2.10. The first kappa shape index (κ1) is 17.7. The minimum Gasteiger partial charge on any atom is -0.356 e. The maximum atomic E-state index is 11.9. The van der Waals surface area contributed by atoms with E-state index < -0.39 is 0 Å². The summed E-state index contributed by atoms with van der Waals surface area (Å²) in [4.78, 5) is 20.0. The Kier molecular flexibility index (Phi) is 7.04. The van der Waals surface area contributed by atoms with Crippen molar-refractivity contribution in [3.63, 3.8) is 0 Å². The normalized spacial score (nSPS) is 11.0. The van der Waals surface area contributed by atoms with E-state index in [4.69, 9.17) is 11.6 Å². The van der Waals surface area contributed by atoms with Gasteiger partial charge in [-0.1, -0.05) is 35.9 Å². The van der Waals surface area contributed by atoms with E-state index in [0.29, 0.717) is 17.7 Å². The van der Waals surface area contributed by atoms with Gasteiger partial charge in [0.05, 0.1) is 6.54 Å². The molecule has 2 aromatic rings. The second kappa shape index (κ2) is 9.52.